The van der Waals surface area contributed by atoms with E-state index in [1.807, 2.05) is 6.07 Å². The van der Waals surface area contributed by atoms with Crippen molar-refractivity contribution in [2.75, 3.05) is 12.8 Å². The summed E-state index contributed by atoms with van der Waals surface area (Å²) in [5, 5.41) is 13.7. The maximum Gasteiger partial charge on any atom is 0.105 e. The molecule has 1 atom stereocenters. The lowest BCUT2D eigenvalue weighted by molar-refractivity contribution is 0.383. The minimum Gasteiger partial charge on any atom is -0.511 e. The number of nitrogens with zero attached hydrogens (tertiary/aromatic N) is 1. The van der Waals surface area contributed by atoms with Crippen LogP contribution in [0.1, 0.15) is 19.8 Å². The zero-order chi connectivity index (χ0) is 16.4. The summed E-state index contributed by atoms with van der Waals surface area (Å²) in [4.78, 5) is 0. The van der Waals surface area contributed by atoms with Crippen molar-refractivity contribution in [1.82, 2.24) is 4.57 Å². The van der Waals surface area contributed by atoms with Crippen LogP contribution in [-0.4, -0.2) is 22.5 Å². The van der Waals surface area contributed by atoms with Crippen LogP contribution in [0.2, 0.25) is 0 Å². The first-order valence-electron chi connectivity index (χ1n) is 8.20. The van der Waals surface area contributed by atoms with Crippen LogP contribution in [0.25, 0.3) is 21.8 Å². The Kier molecular flexibility index (Phi) is 4.73. The number of hydrogen-bond acceptors (Lipinski definition) is 1. The predicted octanol–water partition coefficient (Wildman–Crippen LogP) is 5.40. The van der Waals surface area contributed by atoms with Crippen LogP contribution in [0.3, 0.4) is 0 Å². The molecule has 0 saturated heterocycles. The van der Waals surface area contributed by atoms with Gasteiger partial charge in [-0.05, 0) is 36.7 Å². The van der Waals surface area contributed by atoms with E-state index in [-0.39, 0.29) is 13.7 Å². The fourth-order valence-electron chi connectivity index (χ4n) is 3.15. The lowest BCUT2D eigenvalue weighted by Gasteiger charge is -2.13. The molecule has 0 bridgehead atoms. The Morgan fingerprint density at radius 3 is 2.61 bits per heavy atom. The van der Waals surface area contributed by atoms with E-state index in [0.717, 1.165) is 5.52 Å². The van der Waals surface area contributed by atoms with E-state index in [9.17, 15) is 5.11 Å². The van der Waals surface area contributed by atoms with Crippen LogP contribution in [0.5, 0.6) is 0 Å². The van der Waals surface area contributed by atoms with E-state index in [4.69, 9.17) is 0 Å². The average Bonchev–Trinajstić information content (AvgIpc) is 2.86. The molecule has 0 aliphatic heterocycles. The van der Waals surface area contributed by atoms with E-state index in [0.29, 0.717) is 6.54 Å². The highest BCUT2D eigenvalue weighted by Gasteiger charge is 2.13. The SMILES string of the molecule is C=C(O)Cn1c2ccccc2c2ccc(P(C)CCCC)cc21. The van der Waals surface area contributed by atoms with Crippen molar-refractivity contribution in [2.24, 2.45) is 0 Å². The maximum atomic E-state index is 9.73. The van der Waals surface area contributed by atoms with Crippen molar-refractivity contribution in [1.29, 1.82) is 0 Å². The molecule has 0 saturated carbocycles. The minimum absolute atomic E-state index is 0.115. The van der Waals surface area contributed by atoms with Gasteiger partial charge in [0, 0.05) is 16.3 Å². The third-order valence-electron chi connectivity index (χ3n) is 4.39. The van der Waals surface area contributed by atoms with Gasteiger partial charge in [0.15, 0.2) is 0 Å². The first kappa shape index (κ1) is 16.1. The summed E-state index contributed by atoms with van der Waals surface area (Å²) >= 11 is 0. The fourth-order valence-corrected chi connectivity index (χ4v) is 4.87. The Morgan fingerprint density at radius 1 is 1.13 bits per heavy atom. The zero-order valence-electron chi connectivity index (χ0n) is 13.9. The molecule has 2 nitrogen and oxygen atoms in total. The predicted molar refractivity (Wildman–Crippen MR) is 103 cm³/mol. The van der Waals surface area contributed by atoms with Gasteiger partial charge < -0.3 is 9.67 Å². The molecule has 0 amide bonds. The van der Waals surface area contributed by atoms with Crippen molar-refractivity contribution in [3.05, 3.63) is 54.8 Å². The molecule has 0 aliphatic rings. The van der Waals surface area contributed by atoms with Gasteiger partial charge in [-0.2, -0.15) is 0 Å². The summed E-state index contributed by atoms with van der Waals surface area (Å²) in [6.07, 6.45) is 3.82. The van der Waals surface area contributed by atoms with Gasteiger partial charge in [-0.1, -0.05) is 58.2 Å². The van der Waals surface area contributed by atoms with Gasteiger partial charge in [0.25, 0.3) is 0 Å². The van der Waals surface area contributed by atoms with Crippen molar-refractivity contribution < 1.29 is 5.11 Å². The zero-order valence-corrected chi connectivity index (χ0v) is 14.8. The third kappa shape index (κ3) is 3.14. The second-order valence-corrected chi connectivity index (χ2v) is 8.51. The monoisotopic (exact) mass is 325 g/mol. The first-order valence-corrected chi connectivity index (χ1v) is 10.2. The molecule has 3 aromatic rings. The van der Waals surface area contributed by atoms with Gasteiger partial charge in [-0.3, -0.25) is 0 Å². The Morgan fingerprint density at radius 2 is 1.87 bits per heavy atom. The number of fused-ring (bicyclic) bond motifs is 3. The van der Waals surface area contributed by atoms with E-state index >= 15 is 0 Å². The molecule has 3 rings (SSSR count). The standard InChI is InChI=1S/C20H24NOP/c1-4-5-12-23(3)16-10-11-18-17-8-6-7-9-19(17)21(14-15(2)22)20(18)13-16/h6-11,13,22H,2,4-5,12,14H2,1,3H3. The second kappa shape index (κ2) is 6.76. The Bertz CT molecular complexity index is 849. The molecule has 1 heterocycles. The molecule has 0 fully saturated rings. The molecular weight excluding hydrogens is 301 g/mol. The fraction of sp³-hybridized carbons (Fsp3) is 0.300. The third-order valence-corrected chi connectivity index (χ3v) is 6.53. The van der Waals surface area contributed by atoms with Crippen molar-refractivity contribution in [2.45, 2.75) is 26.3 Å². The average molecular weight is 325 g/mol. The minimum atomic E-state index is -0.115. The Hall–Kier alpha value is -1.79. The van der Waals surface area contributed by atoms with Crippen LogP contribution in [0.4, 0.5) is 0 Å². The number of allylic oxidation sites excluding steroid dienone is 1. The van der Waals surface area contributed by atoms with Crippen LogP contribution in [-0.2, 0) is 6.54 Å². The van der Waals surface area contributed by atoms with Crippen molar-refractivity contribution in [3.8, 4) is 0 Å². The highest BCUT2D eigenvalue weighted by molar-refractivity contribution is 7.64. The van der Waals surface area contributed by atoms with Gasteiger partial charge in [0.2, 0.25) is 0 Å². The van der Waals surface area contributed by atoms with E-state index in [2.05, 4.69) is 61.1 Å². The van der Waals surface area contributed by atoms with Crippen LogP contribution >= 0.6 is 7.92 Å². The maximum absolute atomic E-state index is 9.73. The molecule has 0 radical (unpaired) electrons. The van der Waals surface area contributed by atoms with Gasteiger partial charge >= 0.3 is 0 Å². The summed E-state index contributed by atoms with van der Waals surface area (Å²) in [5.74, 6) is 0.197. The number of hydrogen-bond donors (Lipinski definition) is 1. The summed E-state index contributed by atoms with van der Waals surface area (Å²) in [6.45, 7) is 8.74. The van der Waals surface area contributed by atoms with Gasteiger partial charge in [0.1, 0.15) is 5.76 Å². The number of unbranched alkanes of at least 4 members (excludes halogenated alkanes) is 1. The smallest absolute Gasteiger partial charge is 0.105 e. The van der Waals surface area contributed by atoms with E-state index in [1.165, 1.54) is 40.6 Å². The molecule has 1 N–H and O–H groups in total. The quantitative estimate of drug-likeness (QED) is 0.476. The first-order chi connectivity index (χ1) is 11.1. The summed E-state index contributed by atoms with van der Waals surface area (Å²) in [6, 6.07) is 15.2. The molecule has 23 heavy (non-hydrogen) atoms. The molecule has 120 valence electrons. The van der Waals surface area contributed by atoms with Crippen LogP contribution < -0.4 is 5.30 Å². The number of benzene rings is 2. The molecule has 2 aromatic carbocycles. The normalized spacial score (nSPS) is 12.8. The Balaban J connectivity index is 2.16. The topological polar surface area (TPSA) is 25.2 Å². The van der Waals surface area contributed by atoms with E-state index < -0.39 is 0 Å². The van der Waals surface area contributed by atoms with Gasteiger partial charge in [-0.25, -0.2) is 0 Å². The molecule has 3 heteroatoms. The lowest BCUT2D eigenvalue weighted by atomic mass is 10.2. The molecule has 0 spiro atoms. The van der Waals surface area contributed by atoms with Crippen LogP contribution in [0.15, 0.2) is 54.8 Å². The van der Waals surface area contributed by atoms with Crippen molar-refractivity contribution in [3.63, 3.8) is 0 Å². The summed E-state index contributed by atoms with van der Waals surface area (Å²) in [7, 11) is -0.115. The number of aliphatic hydroxyl groups excluding tert-OH is 1. The van der Waals surface area contributed by atoms with Crippen molar-refractivity contribution >= 4 is 35.0 Å². The Labute approximate surface area is 139 Å². The highest BCUT2D eigenvalue weighted by Crippen LogP contribution is 2.35. The number of aromatic nitrogens is 1. The highest BCUT2D eigenvalue weighted by atomic mass is 31.1. The summed E-state index contributed by atoms with van der Waals surface area (Å²) < 4.78 is 2.18. The lowest BCUT2D eigenvalue weighted by Crippen LogP contribution is -2.05. The number of aliphatic hydroxyl groups is 1. The largest absolute Gasteiger partial charge is 0.511 e. The summed E-state index contributed by atoms with van der Waals surface area (Å²) in [5.41, 5.74) is 2.36. The molecular formula is C20H24NOP. The van der Waals surface area contributed by atoms with Gasteiger partial charge in [-0.15, -0.1) is 0 Å². The number of para-hydroxylation sites is 1. The molecule has 1 unspecified atom stereocenters. The number of rotatable bonds is 6. The molecule has 1 aromatic heterocycles. The van der Waals surface area contributed by atoms with Crippen LogP contribution in [0, 0.1) is 0 Å². The van der Waals surface area contributed by atoms with E-state index in [1.54, 1.807) is 0 Å². The van der Waals surface area contributed by atoms with Gasteiger partial charge in [0.05, 0.1) is 12.1 Å². The molecule has 0 aliphatic carbocycles. The second-order valence-electron chi connectivity index (χ2n) is 6.15.